The lowest BCUT2D eigenvalue weighted by Crippen LogP contribution is -2.44. The normalized spacial score (nSPS) is 13.7. The van der Waals surface area contributed by atoms with Crippen molar-refractivity contribution < 1.29 is 27.9 Å². The second-order valence-corrected chi connectivity index (χ2v) is 11.2. The first kappa shape index (κ1) is 29.2. The van der Waals surface area contributed by atoms with Gasteiger partial charge in [0.25, 0.3) is 0 Å². The van der Waals surface area contributed by atoms with Crippen molar-refractivity contribution in [2.75, 3.05) is 4.90 Å². The van der Waals surface area contributed by atoms with Crippen LogP contribution in [0.2, 0.25) is 5.28 Å². The molecule has 0 saturated heterocycles. The van der Waals surface area contributed by atoms with Crippen LogP contribution in [0.1, 0.15) is 65.6 Å². The Labute approximate surface area is 225 Å². The highest BCUT2D eigenvalue weighted by Crippen LogP contribution is 2.29. The number of alkyl carbamates (subject to hydrolysis) is 1. The molecule has 1 N–H and O–H groups in total. The number of fused-ring (bicyclic) bond motifs is 1. The summed E-state index contributed by atoms with van der Waals surface area (Å²) in [4.78, 5) is 35.2. The van der Waals surface area contributed by atoms with E-state index in [0.717, 1.165) is 0 Å². The summed E-state index contributed by atoms with van der Waals surface area (Å²) in [6.07, 6.45) is 0.160. The van der Waals surface area contributed by atoms with E-state index in [9.17, 15) is 14.0 Å². The summed E-state index contributed by atoms with van der Waals surface area (Å²) in [6, 6.07) is 0.835. The molecular formula is C25H34ClFN6O5. The molecule has 0 unspecified atom stereocenters. The monoisotopic (exact) mass is 552 g/mol. The highest BCUT2D eigenvalue weighted by Gasteiger charge is 2.30. The molecule has 0 bridgehead atoms. The minimum atomic E-state index is -1.39. The fraction of sp³-hybridized carbons (Fsp3) is 0.560. The lowest BCUT2D eigenvalue weighted by molar-refractivity contribution is 0.0476. The van der Waals surface area contributed by atoms with Crippen LogP contribution in [-0.4, -0.2) is 55.2 Å². The van der Waals surface area contributed by atoms with Gasteiger partial charge >= 0.3 is 12.2 Å². The molecular weight excluding hydrogens is 519 g/mol. The van der Waals surface area contributed by atoms with Crippen molar-refractivity contribution in [3.63, 3.8) is 0 Å². The highest BCUT2D eigenvalue weighted by atomic mass is 35.5. The van der Waals surface area contributed by atoms with Crippen LogP contribution in [-0.2, 0) is 22.4 Å². The van der Waals surface area contributed by atoms with Crippen LogP contribution in [0.15, 0.2) is 22.9 Å². The maximum absolute atomic E-state index is 14.6. The molecule has 0 aliphatic rings. The number of hydrogen-bond donors (Lipinski definition) is 1. The average molecular weight is 553 g/mol. The molecule has 11 nitrogen and oxygen atoms in total. The van der Waals surface area contributed by atoms with E-state index < -0.39 is 35.6 Å². The van der Waals surface area contributed by atoms with Crippen LogP contribution in [0, 0.1) is 6.92 Å². The number of carbonyl (C=O) groups is 2. The van der Waals surface area contributed by atoms with Crippen molar-refractivity contribution >= 4 is 35.1 Å². The maximum atomic E-state index is 14.6. The van der Waals surface area contributed by atoms with Gasteiger partial charge in [-0.15, -0.1) is 5.10 Å². The number of hydrogen-bond acceptors (Lipinski definition) is 8. The third-order valence-electron chi connectivity index (χ3n) is 5.27. The number of aromatic nitrogens is 4. The molecule has 3 aromatic rings. The Morgan fingerprint density at radius 1 is 1.21 bits per heavy atom. The van der Waals surface area contributed by atoms with E-state index >= 15 is 0 Å². The van der Waals surface area contributed by atoms with E-state index in [-0.39, 0.29) is 30.0 Å². The van der Waals surface area contributed by atoms with Gasteiger partial charge in [-0.05, 0) is 85.0 Å². The van der Waals surface area contributed by atoms with Gasteiger partial charge in [0.15, 0.2) is 5.82 Å². The summed E-state index contributed by atoms with van der Waals surface area (Å²) in [5, 5.41) is 6.76. The second-order valence-electron chi connectivity index (χ2n) is 10.9. The average Bonchev–Trinajstić information content (AvgIpc) is 3.37. The number of oxazole rings is 1. The fourth-order valence-corrected chi connectivity index (χ4v) is 3.78. The maximum Gasteiger partial charge on any atom is 0.416 e. The number of carbonyl (C=O) groups excluding carboxylic acids is 2. The number of nitrogens with zero attached hydrogens (tertiary/aromatic N) is 5. The summed E-state index contributed by atoms with van der Waals surface area (Å²) in [5.41, 5.74) is 0.183. The number of nitrogens with one attached hydrogen (secondary N) is 1. The molecule has 0 fully saturated rings. The second kappa shape index (κ2) is 11.1. The first-order valence-electron chi connectivity index (χ1n) is 12.1. The van der Waals surface area contributed by atoms with E-state index in [4.69, 9.17) is 25.5 Å². The Bertz CT molecular complexity index is 1280. The molecule has 0 aromatic carbocycles. The lowest BCUT2D eigenvalue weighted by Gasteiger charge is -2.26. The van der Waals surface area contributed by atoms with E-state index in [2.05, 4.69) is 20.4 Å². The van der Waals surface area contributed by atoms with Crippen molar-refractivity contribution in [3.8, 4) is 0 Å². The standard InChI is InChI=1S/C25H34ClFN6O5/c1-14(27)17(29-22(34)37-24(3,4)5)11-16-12-18-20(30-21(26)31-33(18)15(16)2)32(13-19-28-9-10-36-19)23(35)38-25(6,7)8/h9-10,12,14,17H,11,13H2,1-8H3,(H,29,34)/t14-,17+/m0/s1. The van der Waals surface area contributed by atoms with Crippen molar-refractivity contribution in [2.24, 2.45) is 0 Å². The van der Waals surface area contributed by atoms with Gasteiger partial charge in [0, 0.05) is 5.69 Å². The molecule has 3 rings (SSSR count). The van der Waals surface area contributed by atoms with E-state index in [1.165, 1.54) is 28.8 Å². The SMILES string of the molecule is Cc1c(C[C@@H](NC(=O)OC(C)(C)C)[C@H](C)F)cc2c(N(Cc3ncco3)C(=O)OC(C)(C)C)nc(Cl)nn12. The van der Waals surface area contributed by atoms with Crippen LogP contribution in [0.5, 0.6) is 0 Å². The number of rotatable bonds is 7. The van der Waals surface area contributed by atoms with E-state index in [1.807, 2.05) is 0 Å². The zero-order valence-corrected chi connectivity index (χ0v) is 23.6. The molecule has 2 amide bonds. The summed E-state index contributed by atoms with van der Waals surface area (Å²) in [5.74, 6) is 0.400. The summed E-state index contributed by atoms with van der Waals surface area (Å²) in [6.45, 7) is 13.4. The zero-order valence-electron chi connectivity index (χ0n) is 22.8. The molecule has 0 spiro atoms. The van der Waals surface area contributed by atoms with Gasteiger partial charge < -0.3 is 19.2 Å². The van der Waals surface area contributed by atoms with Gasteiger partial charge in [-0.25, -0.2) is 23.5 Å². The fourth-order valence-electron chi connectivity index (χ4n) is 3.62. The van der Waals surface area contributed by atoms with Crippen molar-refractivity contribution in [1.29, 1.82) is 0 Å². The lowest BCUT2D eigenvalue weighted by atomic mass is 10.0. The van der Waals surface area contributed by atoms with Gasteiger partial charge in [0.1, 0.15) is 35.7 Å². The number of aryl methyl sites for hydroxylation is 1. The smallest absolute Gasteiger partial charge is 0.416 e. The molecule has 208 valence electrons. The van der Waals surface area contributed by atoms with Crippen LogP contribution < -0.4 is 10.2 Å². The molecule has 2 atom stereocenters. The number of anilines is 1. The predicted octanol–water partition coefficient (Wildman–Crippen LogP) is 5.41. The van der Waals surface area contributed by atoms with Crippen molar-refractivity contribution in [2.45, 2.75) is 91.8 Å². The molecule has 3 heterocycles. The number of halogens is 2. The van der Waals surface area contributed by atoms with E-state index in [0.29, 0.717) is 16.8 Å². The molecule has 13 heteroatoms. The Morgan fingerprint density at radius 2 is 1.87 bits per heavy atom. The van der Waals surface area contributed by atoms with Crippen LogP contribution in [0.4, 0.5) is 19.8 Å². The Balaban J connectivity index is 2.03. The Morgan fingerprint density at radius 3 is 2.42 bits per heavy atom. The summed E-state index contributed by atoms with van der Waals surface area (Å²) in [7, 11) is 0. The Hall–Kier alpha value is -3.41. The molecule has 0 aliphatic carbocycles. The third-order valence-corrected chi connectivity index (χ3v) is 5.43. The predicted molar refractivity (Wildman–Crippen MR) is 139 cm³/mol. The van der Waals surface area contributed by atoms with Gasteiger partial charge in [-0.1, -0.05) is 0 Å². The first-order chi connectivity index (χ1) is 17.5. The van der Waals surface area contributed by atoms with Crippen LogP contribution in [0.3, 0.4) is 0 Å². The molecule has 0 radical (unpaired) electrons. The summed E-state index contributed by atoms with van der Waals surface area (Å²) >= 11 is 6.26. The van der Waals surface area contributed by atoms with E-state index in [1.54, 1.807) is 54.5 Å². The number of ether oxygens (including phenoxy) is 2. The van der Waals surface area contributed by atoms with Gasteiger partial charge in [-0.3, -0.25) is 4.90 Å². The Kier molecular flexibility index (Phi) is 8.55. The largest absolute Gasteiger partial charge is 0.447 e. The van der Waals surface area contributed by atoms with Gasteiger partial charge in [-0.2, -0.15) is 4.98 Å². The van der Waals surface area contributed by atoms with Crippen molar-refractivity contribution in [1.82, 2.24) is 24.9 Å². The van der Waals surface area contributed by atoms with Gasteiger partial charge in [0.05, 0.1) is 12.2 Å². The number of amides is 2. The highest BCUT2D eigenvalue weighted by molar-refractivity contribution is 6.28. The topological polar surface area (TPSA) is 124 Å². The quantitative estimate of drug-likeness (QED) is 0.412. The first-order valence-corrected chi connectivity index (χ1v) is 12.5. The summed E-state index contributed by atoms with van der Waals surface area (Å²) < 4.78 is 32.3. The molecule has 3 aromatic heterocycles. The van der Waals surface area contributed by atoms with Crippen LogP contribution >= 0.6 is 11.6 Å². The number of alkyl halides is 1. The molecule has 38 heavy (non-hydrogen) atoms. The minimum Gasteiger partial charge on any atom is -0.447 e. The third kappa shape index (κ3) is 7.56. The van der Waals surface area contributed by atoms with Crippen molar-refractivity contribution in [3.05, 3.63) is 41.0 Å². The van der Waals surface area contributed by atoms with Gasteiger partial charge in [0.2, 0.25) is 11.2 Å². The zero-order chi connectivity index (χ0) is 28.4. The van der Waals surface area contributed by atoms with Crippen LogP contribution in [0.25, 0.3) is 5.52 Å². The molecule has 0 saturated carbocycles. The molecule has 0 aliphatic heterocycles. The minimum absolute atomic E-state index is 0.0885.